The number of amides is 3. The van der Waals surface area contributed by atoms with Gasteiger partial charge in [0.25, 0.3) is 5.91 Å². The van der Waals surface area contributed by atoms with Gasteiger partial charge >= 0.3 is 6.09 Å². The van der Waals surface area contributed by atoms with Crippen molar-refractivity contribution >= 4 is 34.9 Å². The first-order chi connectivity index (χ1) is 16.2. The number of rotatable bonds is 2. The van der Waals surface area contributed by atoms with Gasteiger partial charge in [0.05, 0.1) is 11.5 Å². The van der Waals surface area contributed by atoms with Crippen molar-refractivity contribution < 1.29 is 19.1 Å². The van der Waals surface area contributed by atoms with E-state index in [1.807, 2.05) is 26.8 Å². The average molecular weight is 469 g/mol. The minimum Gasteiger partial charge on any atom is -0.444 e. The zero-order chi connectivity index (χ0) is 24.1. The summed E-state index contributed by atoms with van der Waals surface area (Å²) < 4.78 is 7.50. The van der Waals surface area contributed by atoms with E-state index in [1.54, 1.807) is 11.1 Å². The first kappa shape index (κ1) is 22.6. The SMILES string of the molecule is CC(C)(C)OC(=O)N1CC[C@H](C(=O)Nc2ncc3cc4n(c3n2)C2(CCCCC2)CNC4=O)C1. The summed E-state index contributed by atoms with van der Waals surface area (Å²) in [6, 6.07) is 1.83. The van der Waals surface area contributed by atoms with Crippen LogP contribution in [0.1, 0.15) is 69.8 Å². The van der Waals surface area contributed by atoms with Gasteiger partial charge in [-0.2, -0.15) is 4.98 Å². The second kappa shape index (κ2) is 8.25. The highest BCUT2D eigenvalue weighted by Crippen LogP contribution is 2.40. The number of aromatic nitrogens is 3. The minimum atomic E-state index is -0.580. The number of hydrogen-bond acceptors (Lipinski definition) is 6. The third-order valence-electron chi connectivity index (χ3n) is 7.06. The van der Waals surface area contributed by atoms with E-state index in [1.165, 1.54) is 6.42 Å². The number of hydrogen-bond donors (Lipinski definition) is 2. The molecule has 1 aliphatic carbocycles. The summed E-state index contributed by atoms with van der Waals surface area (Å²) in [7, 11) is 0. The van der Waals surface area contributed by atoms with Crippen molar-refractivity contribution in [2.45, 2.75) is 70.4 Å². The van der Waals surface area contributed by atoms with Crippen LogP contribution < -0.4 is 10.6 Å². The number of likely N-dealkylation sites (tertiary alicyclic amines) is 1. The molecule has 182 valence electrons. The Morgan fingerprint density at radius 2 is 2.00 bits per heavy atom. The van der Waals surface area contributed by atoms with Crippen LogP contribution in [0.2, 0.25) is 0 Å². The normalized spacial score (nSPS) is 21.9. The molecule has 5 rings (SSSR count). The van der Waals surface area contributed by atoms with Crippen molar-refractivity contribution in [2.24, 2.45) is 5.92 Å². The Bertz CT molecular complexity index is 1140. The van der Waals surface area contributed by atoms with E-state index in [0.717, 1.165) is 31.1 Å². The van der Waals surface area contributed by atoms with Gasteiger partial charge in [-0.1, -0.05) is 19.3 Å². The van der Waals surface area contributed by atoms with Crippen LogP contribution in [0.15, 0.2) is 12.3 Å². The van der Waals surface area contributed by atoms with E-state index in [4.69, 9.17) is 4.74 Å². The molecule has 2 aliphatic heterocycles. The van der Waals surface area contributed by atoms with Gasteiger partial charge in [-0.3, -0.25) is 14.9 Å². The summed E-state index contributed by atoms with van der Waals surface area (Å²) in [6.07, 6.45) is 7.19. The number of fused-ring (bicyclic) bond motifs is 4. The zero-order valence-corrected chi connectivity index (χ0v) is 20.0. The molecular weight excluding hydrogens is 436 g/mol. The highest BCUT2D eigenvalue weighted by molar-refractivity contribution is 5.99. The van der Waals surface area contributed by atoms with Crippen LogP contribution in [-0.2, 0) is 15.1 Å². The van der Waals surface area contributed by atoms with Crippen LogP contribution in [0.25, 0.3) is 11.0 Å². The number of nitrogens with one attached hydrogen (secondary N) is 2. The van der Waals surface area contributed by atoms with Crippen LogP contribution in [0, 0.1) is 5.92 Å². The molecule has 2 aromatic rings. The predicted octanol–water partition coefficient (Wildman–Crippen LogP) is 3.03. The fourth-order valence-corrected chi connectivity index (χ4v) is 5.40. The molecule has 3 aliphatic rings. The first-order valence-electron chi connectivity index (χ1n) is 12.1. The van der Waals surface area contributed by atoms with Gasteiger partial charge in [0.1, 0.15) is 16.9 Å². The topological polar surface area (TPSA) is 118 Å². The molecule has 0 bridgehead atoms. The molecule has 4 heterocycles. The number of nitrogens with zero attached hydrogens (tertiary/aromatic N) is 4. The van der Waals surface area contributed by atoms with Gasteiger partial charge in [0.2, 0.25) is 11.9 Å². The molecule has 34 heavy (non-hydrogen) atoms. The number of ether oxygens (including phenoxy) is 1. The fourth-order valence-electron chi connectivity index (χ4n) is 5.40. The Labute approximate surface area is 198 Å². The summed E-state index contributed by atoms with van der Waals surface area (Å²) in [4.78, 5) is 48.4. The molecule has 3 amide bonds. The standard InChI is InChI=1S/C24H32N6O4/c1-23(2,3)34-22(33)29-10-7-15(13-29)19(31)28-21-25-12-16-11-17-20(32)26-14-24(8-5-4-6-9-24)30(17)18(16)27-21/h11-12,15H,4-10,13-14H2,1-3H3,(H,26,32)(H,25,27,28,31)/t15-/m0/s1. The Kier molecular flexibility index (Phi) is 5.49. The Hall–Kier alpha value is -3.17. The summed E-state index contributed by atoms with van der Waals surface area (Å²) in [5.74, 6) is -0.469. The molecule has 1 saturated carbocycles. The molecule has 1 saturated heterocycles. The Morgan fingerprint density at radius 3 is 2.74 bits per heavy atom. The van der Waals surface area contributed by atoms with Crippen LogP contribution in [0.3, 0.4) is 0 Å². The molecule has 2 fully saturated rings. The maximum Gasteiger partial charge on any atom is 0.410 e. The Morgan fingerprint density at radius 1 is 1.24 bits per heavy atom. The summed E-state index contributed by atoms with van der Waals surface area (Å²) in [5, 5.41) is 6.66. The largest absolute Gasteiger partial charge is 0.444 e. The lowest BCUT2D eigenvalue weighted by Crippen LogP contribution is -2.52. The van der Waals surface area contributed by atoms with Crippen LogP contribution in [0.5, 0.6) is 0 Å². The van der Waals surface area contributed by atoms with Gasteiger partial charge < -0.3 is 19.5 Å². The second-order valence-corrected chi connectivity index (χ2v) is 10.7. The molecule has 0 unspecified atom stereocenters. The molecular formula is C24H32N6O4. The van der Waals surface area contributed by atoms with Gasteiger partial charge in [-0.05, 0) is 46.1 Å². The monoisotopic (exact) mass is 468 g/mol. The van der Waals surface area contributed by atoms with Gasteiger partial charge in [0, 0.05) is 31.2 Å². The summed E-state index contributed by atoms with van der Waals surface area (Å²) in [6.45, 7) is 6.82. The number of anilines is 1. The fraction of sp³-hybridized carbons (Fsp3) is 0.625. The van der Waals surface area contributed by atoms with Crippen molar-refractivity contribution in [3.8, 4) is 0 Å². The van der Waals surface area contributed by atoms with Crippen molar-refractivity contribution in [3.05, 3.63) is 18.0 Å². The lowest BCUT2D eigenvalue weighted by atomic mass is 9.80. The maximum absolute atomic E-state index is 12.9. The molecule has 2 aromatic heterocycles. The van der Waals surface area contributed by atoms with Crippen molar-refractivity contribution in [1.82, 2.24) is 24.8 Å². The van der Waals surface area contributed by atoms with Crippen molar-refractivity contribution in [2.75, 3.05) is 25.0 Å². The smallest absolute Gasteiger partial charge is 0.410 e. The van der Waals surface area contributed by atoms with Gasteiger partial charge in [-0.15, -0.1) is 0 Å². The van der Waals surface area contributed by atoms with E-state index in [9.17, 15) is 14.4 Å². The highest BCUT2D eigenvalue weighted by Gasteiger charge is 2.41. The zero-order valence-electron chi connectivity index (χ0n) is 20.0. The van der Waals surface area contributed by atoms with Crippen molar-refractivity contribution in [3.63, 3.8) is 0 Å². The Balaban J connectivity index is 1.35. The first-order valence-corrected chi connectivity index (χ1v) is 12.1. The lowest BCUT2D eigenvalue weighted by molar-refractivity contribution is -0.119. The van der Waals surface area contributed by atoms with Crippen LogP contribution in [0.4, 0.5) is 10.7 Å². The lowest BCUT2D eigenvalue weighted by Gasteiger charge is -2.42. The van der Waals surface area contributed by atoms with E-state index in [2.05, 4.69) is 25.2 Å². The summed E-state index contributed by atoms with van der Waals surface area (Å²) in [5.41, 5.74) is 0.519. The molecule has 10 heteroatoms. The third-order valence-corrected chi connectivity index (χ3v) is 7.06. The van der Waals surface area contributed by atoms with E-state index in [0.29, 0.717) is 37.4 Å². The average Bonchev–Trinajstić information content (AvgIpc) is 3.42. The van der Waals surface area contributed by atoms with Gasteiger partial charge in [-0.25, -0.2) is 9.78 Å². The van der Waals surface area contributed by atoms with Crippen LogP contribution in [-0.4, -0.2) is 62.6 Å². The van der Waals surface area contributed by atoms with Crippen molar-refractivity contribution in [1.29, 1.82) is 0 Å². The number of carbonyl (C=O) groups excluding carboxylic acids is 3. The van der Waals surface area contributed by atoms with Gasteiger partial charge in [0.15, 0.2) is 0 Å². The molecule has 1 spiro atoms. The molecule has 1 atom stereocenters. The molecule has 0 aromatic carbocycles. The van der Waals surface area contributed by atoms with Crippen LogP contribution >= 0.6 is 0 Å². The maximum atomic E-state index is 12.9. The molecule has 2 N–H and O–H groups in total. The second-order valence-electron chi connectivity index (χ2n) is 10.7. The molecule has 0 radical (unpaired) electrons. The van der Waals surface area contributed by atoms with E-state index in [-0.39, 0.29) is 29.2 Å². The third kappa shape index (κ3) is 4.10. The minimum absolute atomic E-state index is 0.104. The van der Waals surface area contributed by atoms with E-state index < -0.39 is 11.7 Å². The summed E-state index contributed by atoms with van der Waals surface area (Å²) >= 11 is 0. The quantitative estimate of drug-likeness (QED) is 0.699. The predicted molar refractivity (Wildman–Crippen MR) is 125 cm³/mol. The van der Waals surface area contributed by atoms with E-state index >= 15 is 0 Å². The number of carbonyl (C=O) groups is 3. The molecule has 10 nitrogen and oxygen atoms in total. The highest BCUT2D eigenvalue weighted by atomic mass is 16.6.